The Bertz CT molecular complexity index is 1170. The van der Waals surface area contributed by atoms with Crippen LogP contribution in [0.1, 0.15) is 32.8 Å². The molecule has 0 spiro atoms. The first-order valence-electron chi connectivity index (χ1n) is 10.9. The lowest BCUT2D eigenvalue weighted by Crippen LogP contribution is -2.52. The molecule has 35 heavy (non-hydrogen) atoms. The number of nitrogens with one attached hydrogen (secondary N) is 1. The average molecular weight is 509 g/mol. The quantitative estimate of drug-likeness (QED) is 0.367. The van der Waals surface area contributed by atoms with Gasteiger partial charge in [0.1, 0.15) is 18.4 Å². The molecule has 0 heterocycles. The lowest BCUT2D eigenvalue weighted by molar-refractivity contribution is -0.384. The van der Waals surface area contributed by atoms with Crippen molar-refractivity contribution in [3.8, 4) is 0 Å². The van der Waals surface area contributed by atoms with Gasteiger partial charge in [0, 0.05) is 24.7 Å². The summed E-state index contributed by atoms with van der Waals surface area (Å²) >= 11 is 0. The van der Waals surface area contributed by atoms with Crippen LogP contribution >= 0.6 is 0 Å². The molecular formula is C23H29FN4O6S. The third-order valence-corrected chi connectivity index (χ3v) is 6.58. The molecule has 2 rings (SSSR count). The zero-order chi connectivity index (χ0) is 26.3. The highest BCUT2D eigenvalue weighted by molar-refractivity contribution is 7.92. The Hall–Kier alpha value is -3.54. The van der Waals surface area contributed by atoms with Crippen LogP contribution in [-0.2, 0) is 26.2 Å². The number of carbonyl (C=O) groups is 2. The van der Waals surface area contributed by atoms with E-state index in [1.165, 1.54) is 54.3 Å². The first-order chi connectivity index (χ1) is 16.3. The predicted octanol–water partition coefficient (Wildman–Crippen LogP) is 2.83. The van der Waals surface area contributed by atoms with Gasteiger partial charge >= 0.3 is 0 Å². The second-order valence-corrected chi connectivity index (χ2v) is 10.1. The van der Waals surface area contributed by atoms with Crippen molar-refractivity contribution >= 4 is 33.2 Å². The molecule has 10 nitrogen and oxygen atoms in total. The van der Waals surface area contributed by atoms with E-state index < -0.39 is 45.2 Å². The molecule has 0 aliphatic heterocycles. The van der Waals surface area contributed by atoms with E-state index in [9.17, 15) is 32.5 Å². The number of anilines is 1. The maximum absolute atomic E-state index is 13.4. The van der Waals surface area contributed by atoms with Crippen LogP contribution in [-0.4, -0.2) is 54.9 Å². The van der Waals surface area contributed by atoms with E-state index in [1.807, 2.05) is 13.8 Å². The van der Waals surface area contributed by atoms with Crippen molar-refractivity contribution in [2.24, 2.45) is 0 Å². The van der Waals surface area contributed by atoms with E-state index in [-0.39, 0.29) is 24.0 Å². The molecule has 0 unspecified atom stereocenters. The van der Waals surface area contributed by atoms with Gasteiger partial charge in [0.25, 0.3) is 5.69 Å². The van der Waals surface area contributed by atoms with E-state index in [1.54, 1.807) is 0 Å². The number of sulfonamides is 1. The van der Waals surface area contributed by atoms with E-state index in [0.717, 1.165) is 16.6 Å². The number of carbonyl (C=O) groups excluding carboxylic acids is 2. The zero-order valence-corrected chi connectivity index (χ0v) is 20.8. The van der Waals surface area contributed by atoms with E-state index in [2.05, 4.69) is 5.32 Å². The van der Waals surface area contributed by atoms with Crippen LogP contribution in [0.25, 0.3) is 0 Å². The maximum atomic E-state index is 13.4. The summed E-state index contributed by atoms with van der Waals surface area (Å²) in [6.07, 6.45) is 1.54. The molecule has 0 radical (unpaired) electrons. The number of nitro benzene ring substituents is 1. The highest BCUT2D eigenvalue weighted by Gasteiger charge is 2.30. The predicted molar refractivity (Wildman–Crippen MR) is 130 cm³/mol. The minimum Gasteiger partial charge on any atom is -0.352 e. The Morgan fingerprint density at radius 1 is 1.14 bits per heavy atom. The van der Waals surface area contributed by atoms with Gasteiger partial charge in [-0.1, -0.05) is 25.1 Å². The largest absolute Gasteiger partial charge is 0.352 e. The third-order valence-electron chi connectivity index (χ3n) is 5.44. The van der Waals surface area contributed by atoms with Crippen molar-refractivity contribution in [3.05, 3.63) is 70.0 Å². The normalized spacial score (nSPS) is 12.9. The van der Waals surface area contributed by atoms with Crippen molar-refractivity contribution in [1.29, 1.82) is 0 Å². The summed E-state index contributed by atoms with van der Waals surface area (Å²) in [5, 5.41) is 13.9. The number of nitrogens with zero attached hydrogens (tertiary/aromatic N) is 3. The second kappa shape index (κ2) is 11.7. The monoisotopic (exact) mass is 508 g/mol. The van der Waals surface area contributed by atoms with Crippen molar-refractivity contribution in [3.63, 3.8) is 0 Å². The molecule has 2 amide bonds. The van der Waals surface area contributed by atoms with E-state index in [4.69, 9.17) is 0 Å². The minimum absolute atomic E-state index is 0.0616. The number of benzene rings is 2. The molecule has 2 atom stereocenters. The first-order valence-corrected chi connectivity index (χ1v) is 12.7. The van der Waals surface area contributed by atoms with Crippen LogP contribution in [0.3, 0.4) is 0 Å². The molecule has 0 fully saturated rings. The molecule has 2 aromatic carbocycles. The Balaban J connectivity index is 2.41. The molecule has 0 bridgehead atoms. The number of nitro groups is 1. The summed E-state index contributed by atoms with van der Waals surface area (Å²) in [5.41, 5.74) is 0.130. The van der Waals surface area contributed by atoms with Crippen molar-refractivity contribution in [1.82, 2.24) is 10.2 Å². The molecule has 0 saturated carbocycles. The zero-order valence-electron chi connectivity index (χ0n) is 20.0. The summed E-state index contributed by atoms with van der Waals surface area (Å²) in [4.78, 5) is 37.9. The summed E-state index contributed by atoms with van der Waals surface area (Å²) in [6, 6.07) is 9.14. The SMILES string of the molecule is CC[C@@H](C)NC(=O)[C@H](C)N(Cc1ccc(F)cc1)C(=O)CN(c1cccc([N+](=O)[O-])c1)S(C)(=O)=O. The van der Waals surface area contributed by atoms with Crippen LogP contribution in [0.15, 0.2) is 48.5 Å². The lowest BCUT2D eigenvalue weighted by atomic mass is 10.1. The molecule has 1 N–H and O–H groups in total. The van der Waals surface area contributed by atoms with Gasteiger partial charge in [-0.05, 0) is 44.0 Å². The second-order valence-electron chi connectivity index (χ2n) is 8.19. The smallest absolute Gasteiger partial charge is 0.271 e. The summed E-state index contributed by atoms with van der Waals surface area (Å²) in [6.45, 7) is 4.44. The lowest BCUT2D eigenvalue weighted by Gasteiger charge is -2.32. The molecule has 0 aromatic heterocycles. The standard InChI is InChI=1S/C23H29FN4O6S/c1-5-16(2)25-23(30)17(3)26(14-18-9-11-19(24)12-10-18)22(29)15-27(35(4,33)34)20-7-6-8-21(13-20)28(31)32/h6-13,16-17H,5,14-15H2,1-4H3,(H,25,30)/t16-,17+/m1/s1. The number of halogens is 1. The minimum atomic E-state index is -4.02. The first kappa shape index (κ1) is 27.7. The molecule has 0 saturated heterocycles. The number of non-ortho nitro benzene ring substituents is 1. The summed E-state index contributed by atoms with van der Waals surface area (Å²) in [5.74, 6) is -1.61. The highest BCUT2D eigenvalue weighted by Crippen LogP contribution is 2.24. The van der Waals surface area contributed by atoms with Gasteiger partial charge in [-0.25, -0.2) is 12.8 Å². The molecular weight excluding hydrogens is 479 g/mol. The maximum Gasteiger partial charge on any atom is 0.271 e. The molecule has 190 valence electrons. The Morgan fingerprint density at radius 2 is 1.77 bits per heavy atom. The number of hydrogen-bond acceptors (Lipinski definition) is 6. The highest BCUT2D eigenvalue weighted by atomic mass is 32.2. The molecule has 0 aliphatic rings. The Kier molecular flexibility index (Phi) is 9.29. The number of hydrogen-bond donors (Lipinski definition) is 1. The van der Waals surface area contributed by atoms with Crippen molar-refractivity contribution < 1.29 is 27.3 Å². The van der Waals surface area contributed by atoms with E-state index >= 15 is 0 Å². The van der Waals surface area contributed by atoms with Crippen LogP contribution in [0, 0.1) is 15.9 Å². The van der Waals surface area contributed by atoms with Gasteiger partial charge in [0.2, 0.25) is 21.8 Å². The van der Waals surface area contributed by atoms with Gasteiger partial charge in [0.15, 0.2) is 0 Å². The molecule has 2 aromatic rings. The fourth-order valence-corrected chi connectivity index (χ4v) is 4.05. The summed E-state index contributed by atoms with van der Waals surface area (Å²) < 4.78 is 39.2. The van der Waals surface area contributed by atoms with Crippen molar-refractivity contribution in [2.45, 2.75) is 45.8 Å². The average Bonchev–Trinajstić information content (AvgIpc) is 2.80. The number of rotatable bonds is 11. The Morgan fingerprint density at radius 3 is 2.31 bits per heavy atom. The van der Waals surface area contributed by atoms with Crippen LogP contribution in [0.2, 0.25) is 0 Å². The number of amides is 2. The van der Waals surface area contributed by atoms with Gasteiger partial charge in [-0.15, -0.1) is 0 Å². The van der Waals surface area contributed by atoms with Crippen LogP contribution in [0.4, 0.5) is 15.8 Å². The topological polar surface area (TPSA) is 130 Å². The fourth-order valence-electron chi connectivity index (χ4n) is 3.21. The molecule has 12 heteroatoms. The third kappa shape index (κ3) is 7.74. The fraction of sp³-hybridized carbons (Fsp3) is 0.391. The Labute approximate surface area is 203 Å². The van der Waals surface area contributed by atoms with Gasteiger partial charge in [-0.2, -0.15) is 0 Å². The van der Waals surface area contributed by atoms with Crippen LogP contribution in [0.5, 0.6) is 0 Å². The van der Waals surface area contributed by atoms with Gasteiger partial charge in [-0.3, -0.25) is 24.0 Å². The van der Waals surface area contributed by atoms with E-state index in [0.29, 0.717) is 12.0 Å². The molecule has 0 aliphatic carbocycles. The van der Waals surface area contributed by atoms with Gasteiger partial charge in [0.05, 0.1) is 16.9 Å². The summed E-state index contributed by atoms with van der Waals surface area (Å²) in [7, 11) is -4.02. The van der Waals surface area contributed by atoms with Crippen molar-refractivity contribution in [2.75, 3.05) is 17.1 Å². The van der Waals surface area contributed by atoms with Crippen LogP contribution < -0.4 is 9.62 Å². The van der Waals surface area contributed by atoms with Gasteiger partial charge < -0.3 is 10.2 Å².